The average molecular weight is 255 g/mol. The molecule has 0 saturated heterocycles. The third-order valence-corrected chi connectivity index (χ3v) is 2.01. The predicted octanol–water partition coefficient (Wildman–Crippen LogP) is -1.30. The fourth-order valence-corrected chi connectivity index (χ4v) is 1.16. The zero-order valence-corrected chi connectivity index (χ0v) is 9.75. The Morgan fingerprint density at radius 3 is 2.83 bits per heavy atom. The lowest BCUT2D eigenvalue weighted by atomic mass is 10.4. The monoisotopic (exact) mass is 255 g/mol. The number of nitrogens with zero attached hydrogens (tertiary/aromatic N) is 2. The van der Waals surface area contributed by atoms with E-state index in [1.807, 2.05) is 0 Å². The van der Waals surface area contributed by atoms with Crippen LogP contribution in [-0.2, 0) is 16.1 Å². The van der Waals surface area contributed by atoms with Crippen molar-refractivity contribution in [1.82, 2.24) is 15.1 Å². The van der Waals surface area contributed by atoms with Crippen molar-refractivity contribution in [2.75, 3.05) is 20.3 Å². The number of carboxylic acid groups (broad SMARTS) is 1. The van der Waals surface area contributed by atoms with Gasteiger partial charge < -0.3 is 15.2 Å². The summed E-state index contributed by atoms with van der Waals surface area (Å²) in [4.78, 5) is 33.4. The molecule has 0 aliphatic rings. The Labute approximate surface area is 102 Å². The number of carbonyl (C=O) groups excluding carboxylic acids is 1. The molecule has 0 aliphatic heterocycles. The Morgan fingerprint density at radius 1 is 1.50 bits per heavy atom. The first-order chi connectivity index (χ1) is 8.54. The van der Waals surface area contributed by atoms with E-state index < -0.39 is 17.4 Å². The molecule has 0 aromatic carbocycles. The first kappa shape index (κ1) is 13.8. The molecule has 18 heavy (non-hydrogen) atoms. The third-order valence-electron chi connectivity index (χ3n) is 2.01. The van der Waals surface area contributed by atoms with Crippen molar-refractivity contribution in [2.45, 2.75) is 6.54 Å². The minimum atomic E-state index is -1.26. The molecule has 0 atom stereocenters. The summed E-state index contributed by atoms with van der Waals surface area (Å²) in [5, 5.41) is 14.8. The minimum absolute atomic E-state index is 0.292. The molecule has 0 bridgehead atoms. The van der Waals surface area contributed by atoms with Gasteiger partial charge in [0.25, 0.3) is 5.56 Å². The van der Waals surface area contributed by atoms with Gasteiger partial charge in [0.05, 0.1) is 6.61 Å². The fourth-order valence-electron chi connectivity index (χ4n) is 1.16. The molecule has 98 valence electrons. The maximum Gasteiger partial charge on any atom is 0.356 e. The number of aromatic nitrogens is 2. The second-order valence-corrected chi connectivity index (χ2v) is 3.36. The molecule has 1 aromatic rings. The Morgan fingerprint density at radius 2 is 2.22 bits per heavy atom. The predicted molar refractivity (Wildman–Crippen MR) is 60.3 cm³/mol. The zero-order valence-electron chi connectivity index (χ0n) is 9.75. The van der Waals surface area contributed by atoms with Crippen LogP contribution in [0.25, 0.3) is 0 Å². The molecule has 0 radical (unpaired) electrons. The highest BCUT2D eigenvalue weighted by atomic mass is 16.5. The summed E-state index contributed by atoms with van der Waals surface area (Å²) in [6, 6.07) is 2.14. The Kier molecular flexibility index (Phi) is 5.00. The van der Waals surface area contributed by atoms with Crippen LogP contribution in [0.4, 0.5) is 0 Å². The Bertz CT molecular complexity index is 497. The van der Waals surface area contributed by atoms with Crippen molar-refractivity contribution in [3.8, 4) is 0 Å². The molecule has 1 heterocycles. The summed E-state index contributed by atoms with van der Waals surface area (Å²) in [6.07, 6.45) is 0. The SMILES string of the molecule is COCCNC(=O)Cn1nc(C(=O)O)ccc1=O. The van der Waals surface area contributed by atoms with Gasteiger partial charge in [-0.25, -0.2) is 9.48 Å². The van der Waals surface area contributed by atoms with Crippen LogP contribution >= 0.6 is 0 Å². The topological polar surface area (TPSA) is 111 Å². The number of hydrogen-bond donors (Lipinski definition) is 2. The van der Waals surface area contributed by atoms with Gasteiger partial charge in [-0.3, -0.25) is 9.59 Å². The molecule has 0 spiro atoms. The Hall–Kier alpha value is -2.22. The van der Waals surface area contributed by atoms with Crippen LogP contribution in [0.5, 0.6) is 0 Å². The highest BCUT2D eigenvalue weighted by molar-refractivity contribution is 5.85. The molecule has 1 rings (SSSR count). The van der Waals surface area contributed by atoms with Gasteiger partial charge in [-0.2, -0.15) is 5.10 Å². The first-order valence-electron chi connectivity index (χ1n) is 5.11. The summed E-state index contributed by atoms with van der Waals surface area (Å²) in [5.74, 6) is -1.70. The molecule has 0 unspecified atom stereocenters. The van der Waals surface area contributed by atoms with Gasteiger partial charge in [-0.1, -0.05) is 0 Å². The largest absolute Gasteiger partial charge is 0.476 e. The molecule has 0 aliphatic carbocycles. The molecule has 8 nitrogen and oxygen atoms in total. The van der Waals surface area contributed by atoms with Gasteiger partial charge in [-0.05, 0) is 6.07 Å². The molecule has 1 aromatic heterocycles. The van der Waals surface area contributed by atoms with Crippen LogP contribution < -0.4 is 10.9 Å². The smallest absolute Gasteiger partial charge is 0.356 e. The number of nitrogens with one attached hydrogen (secondary N) is 1. The first-order valence-corrected chi connectivity index (χ1v) is 5.11. The van der Waals surface area contributed by atoms with Crippen LogP contribution in [0.3, 0.4) is 0 Å². The van der Waals surface area contributed by atoms with Crippen LogP contribution in [0.1, 0.15) is 10.5 Å². The number of amides is 1. The lowest BCUT2D eigenvalue weighted by Gasteiger charge is -2.06. The fraction of sp³-hybridized carbons (Fsp3) is 0.400. The van der Waals surface area contributed by atoms with Gasteiger partial charge in [0, 0.05) is 19.7 Å². The van der Waals surface area contributed by atoms with Gasteiger partial charge >= 0.3 is 5.97 Å². The van der Waals surface area contributed by atoms with Gasteiger partial charge in [-0.15, -0.1) is 0 Å². The van der Waals surface area contributed by atoms with E-state index >= 15 is 0 Å². The molecular formula is C10H13N3O5. The van der Waals surface area contributed by atoms with Crippen LogP contribution in [-0.4, -0.2) is 47.0 Å². The molecule has 0 fully saturated rings. The quantitative estimate of drug-likeness (QED) is 0.611. The van der Waals surface area contributed by atoms with Gasteiger partial charge in [0.2, 0.25) is 5.91 Å². The molecular weight excluding hydrogens is 242 g/mol. The second kappa shape index (κ2) is 6.50. The number of methoxy groups -OCH3 is 1. The standard InChI is InChI=1S/C10H13N3O5/c1-18-5-4-11-8(14)6-13-9(15)3-2-7(12-13)10(16)17/h2-3H,4-6H2,1H3,(H,11,14)(H,16,17). The third kappa shape index (κ3) is 3.98. The van der Waals surface area contributed by atoms with Crippen molar-refractivity contribution in [2.24, 2.45) is 0 Å². The number of carboxylic acids is 1. The lowest BCUT2D eigenvalue weighted by Crippen LogP contribution is -2.35. The summed E-state index contributed by atoms with van der Waals surface area (Å²) in [6.45, 7) is 0.329. The highest BCUT2D eigenvalue weighted by Gasteiger charge is 2.09. The van der Waals surface area contributed by atoms with Crippen molar-refractivity contribution in [3.05, 3.63) is 28.2 Å². The Balaban J connectivity index is 2.71. The van der Waals surface area contributed by atoms with Crippen molar-refractivity contribution >= 4 is 11.9 Å². The number of aromatic carboxylic acids is 1. The van der Waals surface area contributed by atoms with E-state index in [9.17, 15) is 14.4 Å². The van der Waals surface area contributed by atoms with E-state index in [0.717, 1.165) is 16.8 Å². The number of rotatable bonds is 6. The molecule has 2 N–H and O–H groups in total. The average Bonchev–Trinajstić information content (AvgIpc) is 2.32. The molecule has 8 heteroatoms. The van der Waals surface area contributed by atoms with Crippen LogP contribution in [0.2, 0.25) is 0 Å². The van der Waals surface area contributed by atoms with E-state index in [0.29, 0.717) is 13.2 Å². The van der Waals surface area contributed by atoms with Crippen molar-refractivity contribution in [3.63, 3.8) is 0 Å². The lowest BCUT2D eigenvalue weighted by molar-refractivity contribution is -0.122. The number of ether oxygens (including phenoxy) is 1. The minimum Gasteiger partial charge on any atom is -0.476 e. The highest BCUT2D eigenvalue weighted by Crippen LogP contribution is 1.89. The summed E-state index contributed by atoms with van der Waals surface area (Å²) < 4.78 is 5.54. The summed E-state index contributed by atoms with van der Waals surface area (Å²) in [5.41, 5.74) is -0.832. The second-order valence-electron chi connectivity index (χ2n) is 3.36. The molecule has 1 amide bonds. The molecule has 0 saturated carbocycles. The number of hydrogen-bond acceptors (Lipinski definition) is 5. The van der Waals surface area contributed by atoms with E-state index in [2.05, 4.69) is 10.4 Å². The zero-order chi connectivity index (χ0) is 13.5. The normalized spacial score (nSPS) is 10.1. The number of carbonyl (C=O) groups is 2. The summed E-state index contributed by atoms with van der Waals surface area (Å²) >= 11 is 0. The van der Waals surface area contributed by atoms with Crippen molar-refractivity contribution in [1.29, 1.82) is 0 Å². The maximum atomic E-state index is 11.4. The van der Waals surface area contributed by atoms with Crippen LogP contribution in [0.15, 0.2) is 16.9 Å². The van der Waals surface area contributed by atoms with Crippen molar-refractivity contribution < 1.29 is 19.4 Å². The van der Waals surface area contributed by atoms with E-state index in [1.165, 1.54) is 7.11 Å². The maximum absolute atomic E-state index is 11.4. The van der Waals surface area contributed by atoms with Crippen LogP contribution in [0, 0.1) is 0 Å². The van der Waals surface area contributed by atoms with E-state index in [1.54, 1.807) is 0 Å². The van der Waals surface area contributed by atoms with E-state index in [-0.39, 0.29) is 12.2 Å². The van der Waals surface area contributed by atoms with Gasteiger partial charge in [0.1, 0.15) is 6.54 Å². The van der Waals surface area contributed by atoms with E-state index in [4.69, 9.17) is 9.84 Å². The summed E-state index contributed by atoms with van der Waals surface area (Å²) in [7, 11) is 1.49. The van der Waals surface area contributed by atoms with Gasteiger partial charge in [0.15, 0.2) is 5.69 Å².